The topological polar surface area (TPSA) is 90.9 Å². The van der Waals surface area contributed by atoms with Gasteiger partial charge in [-0.3, -0.25) is 10.1 Å². The number of aliphatic hydroxyl groups is 1. The molecule has 7 nitrogen and oxygen atoms in total. The summed E-state index contributed by atoms with van der Waals surface area (Å²) in [6.07, 6.45) is 0.639. The number of rotatable bonds is 6. The van der Waals surface area contributed by atoms with Gasteiger partial charge in [0, 0.05) is 17.9 Å². The fraction of sp³-hybridized carbons (Fsp3) is 0.600. The van der Waals surface area contributed by atoms with Gasteiger partial charge in [-0.2, -0.15) is 0 Å². The molecule has 27 heavy (non-hydrogen) atoms. The number of alkyl carbamates (subject to hydrolysis) is 1. The highest BCUT2D eigenvalue weighted by Gasteiger charge is 2.33. The summed E-state index contributed by atoms with van der Waals surface area (Å²) in [6.45, 7) is 7.79. The van der Waals surface area contributed by atoms with Crippen LogP contribution in [0.1, 0.15) is 46.1 Å². The van der Waals surface area contributed by atoms with E-state index >= 15 is 0 Å². The number of fused-ring (bicyclic) bond motifs is 1. The van der Waals surface area contributed by atoms with Gasteiger partial charge in [-0.15, -0.1) is 0 Å². The second kappa shape index (κ2) is 7.38. The number of carbonyl (C=O) groups is 2. The van der Waals surface area contributed by atoms with Crippen molar-refractivity contribution in [2.45, 2.75) is 64.8 Å². The minimum atomic E-state index is -0.802. The summed E-state index contributed by atoms with van der Waals surface area (Å²) < 4.78 is 5.37. The molecule has 1 aliphatic heterocycles. The number of benzene rings is 1. The van der Waals surface area contributed by atoms with Crippen molar-refractivity contribution < 1.29 is 19.4 Å². The molecule has 2 unspecified atom stereocenters. The number of hydrogen-bond donors (Lipinski definition) is 3. The van der Waals surface area contributed by atoms with Gasteiger partial charge in [-0.1, -0.05) is 0 Å². The Hall–Kier alpha value is -2.28. The van der Waals surface area contributed by atoms with Crippen molar-refractivity contribution in [3.63, 3.8) is 0 Å². The van der Waals surface area contributed by atoms with E-state index in [1.165, 1.54) is 0 Å². The van der Waals surface area contributed by atoms with Crippen molar-refractivity contribution in [2.75, 3.05) is 16.8 Å². The van der Waals surface area contributed by atoms with Gasteiger partial charge in [-0.05, 0) is 70.2 Å². The van der Waals surface area contributed by atoms with E-state index in [0.29, 0.717) is 12.3 Å². The number of amides is 2. The number of ether oxygens (including phenoxy) is 1. The normalized spacial score (nSPS) is 18.3. The monoisotopic (exact) mass is 375 g/mol. The molecule has 0 saturated heterocycles. The predicted octanol–water partition coefficient (Wildman–Crippen LogP) is 2.63. The lowest BCUT2D eigenvalue weighted by Gasteiger charge is -2.36. The number of aliphatic hydroxyl groups excluding tert-OH is 1. The summed E-state index contributed by atoms with van der Waals surface area (Å²) in [6, 6.07) is 5.75. The second-order valence-electron chi connectivity index (χ2n) is 8.49. The van der Waals surface area contributed by atoms with E-state index in [2.05, 4.69) is 10.6 Å². The van der Waals surface area contributed by atoms with Crippen LogP contribution in [0.2, 0.25) is 0 Å². The van der Waals surface area contributed by atoms with Crippen LogP contribution >= 0.6 is 0 Å². The van der Waals surface area contributed by atoms with Crippen LogP contribution in [-0.2, 0) is 16.0 Å². The largest absolute Gasteiger partial charge is 0.444 e. The molecule has 2 amide bonds. The molecule has 1 aliphatic carbocycles. The van der Waals surface area contributed by atoms with E-state index in [-0.39, 0.29) is 5.91 Å². The van der Waals surface area contributed by atoms with Gasteiger partial charge in [0.2, 0.25) is 5.91 Å². The Balaban J connectivity index is 1.84. The maximum absolute atomic E-state index is 12.3. The third-order valence-corrected chi connectivity index (χ3v) is 4.65. The van der Waals surface area contributed by atoms with E-state index in [1.807, 2.05) is 23.1 Å². The van der Waals surface area contributed by atoms with Crippen LogP contribution in [0, 0.1) is 5.92 Å². The third-order valence-electron chi connectivity index (χ3n) is 4.65. The van der Waals surface area contributed by atoms with Crippen molar-refractivity contribution in [1.82, 2.24) is 5.32 Å². The molecule has 3 rings (SSSR count). The van der Waals surface area contributed by atoms with Crippen LogP contribution in [-0.4, -0.2) is 41.5 Å². The summed E-state index contributed by atoms with van der Waals surface area (Å²) in [5, 5.41) is 16.0. The van der Waals surface area contributed by atoms with Crippen molar-refractivity contribution in [3.05, 3.63) is 23.8 Å². The Kier molecular flexibility index (Phi) is 5.33. The smallest absolute Gasteiger partial charge is 0.409 e. The molecular formula is C20H29N3O4. The van der Waals surface area contributed by atoms with E-state index in [0.717, 1.165) is 36.3 Å². The lowest BCUT2D eigenvalue weighted by molar-refractivity contribution is -0.115. The van der Waals surface area contributed by atoms with Gasteiger partial charge in [0.05, 0.1) is 12.5 Å². The summed E-state index contributed by atoms with van der Waals surface area (Å²) in [4.78, 5) is 26.0. The molecule has 0 spiro atoms. The van der Waals surface area contributed by atoms with Crippen LogP contribution in [0.4, 0.5) is 16.2 Å². The van der Waals surface area contributed by atoms with Gasteiger partial charge in [0.25, 0.3) is 0 Å². The van der Waals surface area contributed by atoms with Crippen LogP contribution in [0.5, 0.6) is 0 Å². The minimum Gasteiger partial charge on any atom is -0.444 e. The van der Waals surface area contributed by atoms with Crippen molar-refractivity contribution in [2.24, 2.45) is 5.92 Å². The third kappa shape index (κ3) is 5.13. The van der Waals surface area contributed by atoms with Crippen molar-refractivity contribution >= 4 is 23.4 Å². The molecule has 1 saturated carbocycles. The summed E-state index contributed by atoms with van der Waals surface area (Å²) in [5.41, 5.74) is 2.01. The Labute approximate surface area is 160 Å². The Morgan fingerprint density at radius 1 is 1.41 bits per heavy atom. The molecule has 0 bridgehead atoms. The summed E-state index contributed by atoms with van der Waals surface area (Å²) in [5.74, 6) is 0.523. The Bertz CT molecular complexity index is 722. The minimum absolute atomic E-state index is 0.0187. The molecule has 1 fully saturated rings. The molecule has 7 heteroatoms. The quantitative estimate of drug-likeness (QED) is 0.665. The van der Waals surface area contributed by atoms with Crippen LogP contribution in [0.15, 0.2) is 18.2 Å². The Morgan fingerprint density at radius 2 is 2.11 bits per heavy atom. The van der Waals surface area contributed by atoms with Crippen LogP contribution in [0.3, 0.4) is 0 Å². The number of nitrogens with zero attached hydrogens (tertiary/aromatic N) is 1. The zero-order valence-electron chi connectivity index (χ0n) is 16.4. The van der Waals surface area contributed by atoms with E-state index in [9.17, 15) is 14.7 Å². The van der Waals surface area contributed by atoms with Gasteiger partial charge < -0.3 is 20.1 Å². The van der Waals surface area contributed by atoms with Crippen molar-refractivity contribution in [1.29, 1.82) is 0 Å². The summed E-state index contributed by atoms with van der Waals surface area (Å²) >= 11 is 0. The van der Waals surface area contributed by atoms with Gasteiger partial charge in [-0.25, -0.2) is 4.79 Å². The molecule has 1 aromatic carbocycles. The molecule has 0 aromatic heterocycles. The molecule has 2 atom stereocenters. The molecule has 3 N–H and O–H groups in total. The van der Waals surface area contributed by atoms with Gasteiger partial charge >= 0.3 is 6.09 Å². The second-order valence-corrected chi connectivity index (χ2v) is 8.49. The summed E-state index contributed by atoms with van der Waals surface area (Å²) in [7, 11) is 0. The average Bonchev–Trinajstić information content (AvgIpc) is 3.27. The number of hydrogen-bond acceptors (Lipinski definition) is 5. The van der Waals surface area contributed by atoms with E-state index in [1.54, 1.807) is 27.7 Å². The first kappa shape index (κ1) is 19.5. The molecular weight excluding hydrogens is 346 g/mol. The zero-order chi connectivity index (χ0) is 19.8. The van der Waals surface area contributed by atoms with Gasteiger partial charge in [0.1, 0.15) is 11.8 Å². The predicted molar refractivity (Wildman–Crippen MR) is 104 cm³/mol. The lowest BCUT2D eigenvalue weighted by atomic mass is 10.1. The molecule has 148 valence electrons. The fourth-order valence-electron chi connectivity index (χ4n) is 3.24. The first-order valence-corrected chi connectivity index (χ1v) is 9.49. The van der Waals surface area contributed by atoms with Crippen molar-refractivity contribution in [3.8, 4) is 0 Å². The number of nitrogens with one attached hydrogen (secondary N) is 2. The SMILES string of the molecule is CC(O)C(NC(=O)OC(C)(C)C)N(CC1CC1)c1ccc2c(c1)CC(=O)N2. The average molecular weight is 375 g/mol. The van der Waals surface area contributed by atoms with E-state index < -0.39 is 24.0 Å². The van der Waals surface area contributed by atoms with Gasteiger partial charge in [0.15, 0.2) is 0 Å². The number of anilines is 2. The molecule has 1 heterocycles. The molecule has 1 aromatic rings. The highest BCUT2D eigenvalue weighted by Crippen LogP contribution is 2.34. The van der Waals surface area contributed by atoms with E-state index in [4.69, 9.17) is 4.74 Å². The number of carbonyl (C=O) groups excluding carboxylic acids is 2. The fourth-order valence-corrected chi connectivity index (χ4v) is 3.24. The highest BCUT2D eigenvalue weighted by molar-refractivity contribution is 5.99. The Morgan fingerprint density at radius 3 is 2.70 bits per heavy atom. The standard InChI is InChI=1S/C20H29N3O4/c1-12(24)18(22-19(26)27-20(2,3)4)23(11-13-5-6-13)15-7-8-16-14(9-15)10-17(25)21-16/h7-9,12-13,18,24H,5-6,10-11H2,1-4H3,(H,21,25)(H,22,26). The van der Waals surface area contributed by atoms with Crippen LogP contribution < -0.4 is 15.5 Å². The molecule has 2 aliphatic rings. The first-order valence-electron chi connectivity index (χ1n) is 9.49. The maximum atomic E-state index is 12.3. The molecule has 0 radical (unpaired) electrons. The first-order chi connectivity index (χ1) is 12.6. The van der Waals surface area contributed by atoms with Crippen LogP contribution in [0.25, 0.3) is 0 Å². The highest BCUT2D eigenvalue weighted by atomic mass is 16.6. The zero-order valence-corrected chi connectivity index (χ0v) is 16.4. The lowest BCUT2D eigenvalue weighted by Crippen LogP contribution is -2.55. The maximum Gasteiger partial charge on any atom is 0.409 e.